The van der Waals surface area contributed by atoms with Crippen LogP contribution in [-0.4, -0.2) is 18.1 Å². The van der Waals surface area contributed by atoms with Crippen molar-refractivity contribution in [3.05, 3.63) is 29.6 Å². The van der Waals surface area contributed by atoms with Crippen LogP contribution in [0.15, 0.2) is 18.5 Å². The summed E-state index contributed by atoms with van der Waals surface area (Å²) in [5.74, 6) is 1.51. The Balaban J connectivity index is 0.000000490. The van der Waals surface area contributed by atoms with Gasteiger partial charge in [0.15, 0.2) is 0 Å². The van der Waals surface area contributed by atoms with E-state index in [4.69, 9.17) is 0 Å². The van der Waals surface area contributed by atoms with E-state index < -0.39 is 0 Å². The molecule has 2 atom stereocenters. The molecule has 0 amide bonds. The molecular weight excluding hydrogens is 219 g/mol. The Morgan fingerprint density at radius 3 is 2.64 bits per heavy atom. The summed E-state index contributed by atoms with van der Waals surface area (Å²) in [7, 11) is 0. The van der Waals surface area contributed by atoms with Gasteiger partial charge in [-0.2, -0.15) is 0 Å². The van der Waals surface area contributed by atoms with Gasteiger partial charge in [-0.15, -0.1) is 24.8 Å². The zero-order chi connectivity index (χ0) is 7.97. The molecule has 1 fully saturated rings. The van der Waals surface area contributed by atoms with Crippen LogP contribution in [0, 0.1) is 0 Å². The van der Waals surface area contributed by atoms with Crippen molar-refractivity contribution in [2.24, 2.45) is 0 Å². The Morgan fingerprint density at radius 2 is 1.86 bits per heavy atom. The number of nitrogens with zero attached hydrogens (tertiary/aromatic N) is 1. The first-order valence-corrected chi connectivity index (χ1v) is 4.59. The quantitative estimate of drug-likeness (QED) is 0.742. The fourth-order valence-corrected chi connectivity index (χ4v) is 2.55. The second-order valence-corrected chi connectivity index (χ2v) is 3.79. The van der Waals surface area contributed by atoms with Crippen molar-refractivity contribution in [3.8, 4) is 0 Å². The van der Waals surface area contributed by atoms with Crippen molar-refractivity contribution in [3.63, 3.8) is 0 Å². The van der Waals surface area contributed by atoms with E-state index in [0.29, 0.717) is 0 Å². The van der Waals surface area contributed by atoms with Gasteiger partial charge in [-0.3, -0.25) is 4.98 Å². The number of nitrogens with one attached hydrogen (secondary N) is 1. The van der Waals surface area contributed by atoms with E-state index in [1.807, 2.05) is 12.4 Å². The Morgan fingerprint density at radius 1 is 1.14 bits per heavy atom. The van der Waals surface area contributed by atoms with Gasteiger partial charge in [0, 0.05) is 25.5 Å². The molecule has 0 aromatic carbocycles. The second kappa shape index (κ2) is 4.47. The third-order valence-corrected chi connectivity index (χ3v) is 3.12. The fourth-order valence-electron chi connectivity index (χ4n) is 2.55. The monoisotopic (exact) mass is 232 g/mol. The van der Waals surface area contributed by atoms with Crippen LogP contribution in [0.5, 0.6) is 0 Å². The standard InChI is InChI=1S/C10H12N2.2ClH/c1-2-11-6-10-8-3-7(9(1)10)4-12-5-8;;/h1-2,6-8,12H,3-5H2;2*1H/t7-,8+;;/m0../s1. The van der Waals surface area contributed by atoms with Crippen molar-refractivity contribution in [2.75, 3.05) is 13.1 Å². The maximum Gasteiger partial charge on any atom is 0.0306 e. The number of rotatable bonds is 0. The van der Waals surface area contributed by atoms with E-state index in [9.17, 15) is 0 Å². The van der Waals surface area contributed by atoms with E-state index in [0.717, 1.165) is 24.9 Å². The maximum atomic E-state index is 4.19. The summed E-state index contributed by atoms with van der Waals surface area (Å²) in [6, 6.07) is 2.19. The molecule has 1 N–H and O–H groups in total. The lowest BCUT2D eigenvalue weighted by Gasteiger charge is -2.19. The molecule has 1 aromatic heterocycles. The van der Waals surface area contributed by atoms with E-state index in [1.165, 1.54) is 12.0 Å². The van der Waals surface area contributed by atoms with Crippen molar-refractivity contribution < 1.29 is 0 Å². The highest BCUT2D eigenvalue weighted by molar-refractivity contribution is 5.85. The first-order valence-electron chi connectivity index (χ1n) is 4.59. The average molecular weight is 233 g/mol. The van der Waals surface area contributed by atoms with E-state index in [1.54, 1.807) is 5.56 Å². The summed E-state index contributed by atoms with van der Waals surface area (Å²) in [6.45, 7) is 2.31. The highest BCUT2D eigenvalue weighted by Crippen LogP contribution is 2.42. The van der Waals surface area contributed by atoms with Crippen molar-refractivity contribution >= 4 is 24.8 Å². The van der Waals surface area contributed by atoms with Crippen LogP contribution in [0.25, 0.3) is 0 Å². The van der Waals surface area contributed by atoms with E-state index in [-0.39, 0.29) is 24.8 Å². The molecule has 0 spiro atoms. The van der Waals surface area contributed by atoms with Crippen molar-refractivity contribution in [1.29, 1.82) is 0 Å². The van der Waals surface area contributed by atoms with Gasteiger partial charge in [0.1, 0.15) is 0 Å². The number of hydrogen-bond acceptors (Lipinski definition) is 2. The van der Waals surface area contributed by atoms with Gasteiger partial charge in [-0.25, -0.2) is 0 Å². The van der Waals surface area contributed by atoms with E-state index in [2.05, 4.69) is 16.4 Å². The van der Waals surface area contributed by atoms with Crippen LogP contribution < -0.4 is 5.32 Å². The lowest BCUT2D eigenvalue weighted by molar-refractivity contribution is 0.453. The molecule has 2 bridgehead atoms. The minimum atomic E-state index is 0. The number of piperidine rings is 1. The first-order chi connectivity index (χ1) is 5.95. The molecule has 0 saturated carbocycles. The molecule has 14 heavy (non-hydrogen) atoms. The molecule has 1 aromatic rings. The van der Waals surface area contributed by atoms with Crippen LogP contribution in [0.3, 0.4) is 0 Å². The fraction of sp³-hybridized carbons (Fsp3) is 0.500. The molecule has 0 radical (unpaired) electrons. The van der Waals surface area contributed by atoms with Gasteiger partial charge < -0.3 is 5.32 Å². The molecule has 0 unspecified atom stereocenters. The number of halogens is 2. The summed E-state index contributed by atoms with van der Waals surface area (Å²) in [5, 5.41) is 3.47. The molecule has 2 nitrogen and oxygen atoms in total. The van der Waals surface area contributed by atoms with Gasteiger partial charge >= 0.3 is 0 Å². The molecule has 4 heteroatoms. The second-order valence-electron chi connectivity index (χ2n) is 3.79. The predicted octanol–water partition coefficient (Wildman–Crippen LogP) is 2.10. The Bertz CT molecular complexity index is 288. The normalized spacial score (nSPS) is 27.1. The molecule has 1 aliphatic carbocycles. The summed E-state index contributed by atoms with van der Waals surface area (Å²) in [6.07, 6.45) is 5.31. The number of pyridine rings is 1. The Labute approximate surface area is 96.3 Å². The predicted molar refractivity (Wildman–Crippen MR) is 61.7 cm³/mol. The summed E-state index contributed by atoms with van der Waals surface area (Å²) in [5.41, 5.74) is 3.03. The third-order valence-electron chi connectivity index (χ3n) is 3.12. The Hall–Kier alpha value is -0.310. The smallest absolute Gasteiger partial charge is 0.0306 e. The van der Waals surface area contributed by atoms with E-state index >= 15 is 0 Å². The lowest BCUT2D eigenvalue weighted by Crippen LogP contribution is -2.28. The maximum absolute atomic E-state index is 4.19. The van der Waals surface area contributed by atoms with Crippen LogP contribution in [0.1, 0.15) is 29.4 Å². The highest BCUT2D eigenvalue weighted by atomic mass is 35.5. The van der Waals surface area contributed by atoms with Gasteiger partial charge in [0.25, 0.3) is 0 Å². The van der Waals surface area contributed by atoms with Gasteiger partial charge in [0.05, 0.1) is 0 Å². The van der Waals surface area contributed by atoms with Crippen molar-refractivity contribution in [2.45, 2.75) is 18.3 Å². The lowest BCUT2D eigenvalue weighted by atomic mass is 9.98. The number of aromatic nitrogens is 1. The van der Waals surface area contributed by atoms with Gasteiger partial charge in [0.2, 0.25) is 0 Å². The minimum Gasteiger partial charge on any atom is -0.316 e. The molecule has 1 aliphatic heterocycles. The third kappa shape index (κ3) is 1.62. The van der Waals surface area contributed by atoms with Crippen LogP contribution >= 0.6 is 24.8 Å². The van der Waals surface area contributed by atoms with Crippen LogP contribution in [0.4, 0.5) is 0 Å². The molecule has 78 valence electrons. The summed E-state index contributed by atoms with van der Waals surface area (Å²) in [4.78, 5) is 4.19. The number of hydrogen-bond donors (Lipinski definition) is 1. The largest absolute Gasteiger partial charge is 0.316 e. The Kier molecular flexibility index (Phi) is 3.76. The molecule has 2 aliphatic rings. The minimum absolute atomic E-state index is 0. The summed E-state index contributed by atoms with van der Waals surface area (Å²) >= 11 is 0. The zero-order valence-corrected chi connectivity index (χ0v) is 9.40. The average Bonchev–Trinajstić information content (AvgIpc) is 2.41. The van der Waals surface area contributed by atoms with Crippen molar-refractivity contribution in [1.82, 2.24) is 10.3 Å². The molecule has 2 heterocycles. The summed E-state index contributed by atoms with van der Waals surface area (Å²) < 4.78 is 0. The topological polar surface area (TPSA) is 24.9 Å². The number of fused-ring (bicyclic) bond motifs is 5. The molecular formula is C10H14Cl2N2. The van der Waals surface area contributed by atoms with Crippen LogP contribution in [0.2, 0.25) is 0 Å². The highest BCUT2D eigenvalue weighted by Gasteiger charge is 2.33. The molecule has 1 saturated heterocycles. The van der Waals surface area contributed by atoms with Gasteiger partial charge in [-0.05, 0) is 35.4 Å². The van der Waals surface area contributed by atoms with Gasteiger partial charge in [-0.1, -0.05) is 0 Å². The molecule has 3 rings (SSSR count). The zero-order valence-electron chi connectivity index (χ0n) is 7.77. The van der Waals surface area contributed by atoms with Crippen LogP contribution in [-0.2, 0) is 0 Å². The first kappa shape index (κ1) is 11.8. The SMILES string of the molecule is Cl.Cl.c1cc2c(cn1)[C@H]1CNC[C@@H]2C1.